The first-order chi connectivity index (χ1) is 12.1. The van der Waals surface area contributed by atoms with Crippen LogP contribution in [0, 0.1) is 6.92 Å². The van der Waals surface area contributed by atoms with E-state index in [9.17, 15) is 4.79 Å². The van der Waals surface area contributed by atoms with Gasteiger partial charge >= 0.3 is 0 Å². The van der Waals surface area contributed by atoms with Crippen molar-refractivity contribution in [1.82, 2.24) is 35.1 Å². The third-order valence-electron chi connectivity index (χ3n) is 3.96. The van der Waals surface area contributed by atoms with Gasteiger partial charge < -0.3 is 9.88 Å². The Hall–Kier alpha value is -3.03. The average molecular weight is 339 g/mol. The van der Waals surface area contributed by atoms with Crippen molar-refractivity contribution >= 4 is 5.91 Å². The third-order valence-corrected chi connectivity index (χ3v) is 3.96. The van der Waals surface area contributed by atoms with E-state index in [0.29, 0.717) is 18.8 Å². The molecule has 1 N–H and O–H groups in total. The van der Waals surface area contributed by atoms with E-state index in [4.69, 9.17) is 0 Å². The van der Waals surface area contributed by atoms with Crippen molar-refractivity contribution in [2.75, 3.05) is 0 Å². The van der Waals surface area contributed by atoms with Gasteiger partial charge in [-0.15, -0.1) is 5.10 Å². The Balaban J connectivity index is 1.74. The minimum atomic E-state index is -0.498. The standard InChI is InChI=1S/C17H21N7O/c1-13(11-23-9-8-18-12-23)19-17(25)16(24-14(2)20-21-22-24)10-15-6-4-3-5-7-15/h3-9,12-13,16H,10-11H2,1-2H3,(H,19,25)/t13-,16-/m1/s1. The summed E-state index contributed by atoms with van der Waals surface area (Å²) in [5.74, 6) is 0.505. The lowest BCUT2D eigenvalue weighted by atomic mass is 10.0. The number of tetrazole rings is 1. The van der Waals surface area contributed by atoms with Crippen LogP contribution < -0.4 is 5.32 Å². The first kappa shape index (κ1) is 16.8. The highest BCUT2D eigenvalue weighted by molar-refractivity contribution is 5.80. The van der Waals surface area contributed by atoms with E-state index in [2.05, 4.69) is 25.8 Å². The van der Waals surface area contributed by atoms with Crippen LogP contribution in [0.1, 0.15) is 24.4 Å². The fraction of sp³-hybridized carbons (Fsp3) is 0.353. The molecule has 2 atom stereocenters. The van der Waals surface area contributed by atoms with Gasteiger partial charge in [0.2, 0.25) is 5.91 Å². The van der Waals surface area contributed by atoms with Gasteiger partial charge in [0.05, 0.1) is 6.33 Å². The first-order valence-corrected chi connectivity index (χ1v) is 8.18. The van der Waals surface area contributed by atoms with Crippen LogP contribution in [-0.4, -0.2) is 41.7 Å². The lowest BCUT2D eigenvalue weighted by Crippen LogP contribution is -2.41. The van der Waals surface area contributed by atoms with E-state index in [-0.39, 0.29) is 11.9 Å². The Bertz CT molecular complexity index is 798. The smallest absolute Gasteiger partial charge is 0.245 e. The highest BCUT2D eigenvalue weighted by Crippen LogP contribution is 2.15. The fourth-order valence-corrected chi connectivity index (χ4v) is 2.75. The van der Waals surface area contributed by atoms with Crippen molar-refractivity contribution in [2.45, 2.75) is 38.9 Å². The number of carbonyl (C=O) groups excluding carboxylic acids is 1. The minimum Gasteiger partial charge on any atom is -0.350 e. The number of aromatic nitrogens is 6. The molecule has 0 aliphatic carbocycles. The van der Waals surface area contributed by atoms with Crippen LogP contribution in [0.25, 0.3) is 0 Å². The molecule has 0 aliphatic heterocycles. The van der Waals surface area contributed by atoms with Crippen LogP contribution in [-0.2, 0) is 17.8 Å². The molecule has 8 heteroatoms. The lowest BCUT2D eigenvalue weighted by molar-refractivity contribution is -0.125. The second-order valence-electron chi connectivity index (χ2n) is 6.05. The van der Waals surface area contributed by atoms with Gasteiger partial charge in [-0.05, 0) is 29.8 Å². The van der Waals surface area contributed by atoms with Gasteiger partial charge in [-0.2, -0.15) is 0 Å². The first-order valence-electron chi connectivity index (χ1n) is 8.18. The molecule has 0 radical (unpaired) electrons. The van der Waals surface area contributed by atoms with Gasteiger partial charge in [-0.3, -0.25) is 4.79 Å². The molecule has 130 valence electrons. The molecule has 0 bridgehead atoms. The molecule has 3 rings (SSSR count). The zero-order chi connectivity index (χ0) is 17.6. The van der Waals surface area contributed by atoms with Crippen LogP contribution in [0.2, 0.25) is 0 Å². The second-order valence-corrected chi connectivity index (χ2v) is 6.05. The van der Waals surface area contributed by atoms with Gasteiger partial charge in [0.15, 0.2) is 0 Å². The molecule has 0 saturated heterocycles. The number of imidazole rings is 1. The molecular weight excluding hydrogens is 318 g/mol. The molecule has 0 fully saturated rings. The maximum atomic E-state index is 12.9. The number of nitrogens with zero attached hydrogens (tertiary/aromatic N) is 6. The van der Waals surface area contributed by atoms with Crippen LogP contribution >= 0.6 is 0 Å². The number of hydrogen-bond acceptors (Lipinski definition) is 5. The summed E-state index contributed by atoms with van der Waals surface area (Å²) in [6.07, 6.45) is 5.85. The Morgan fingerprint density at radius 3 is 2.72 bits per heavy atom. The summed E-state index contributed by atoms with van der Waals surface area (Å²) < 4.78 is 3.51. The number of rotatable bonds is 7. The summed E-state index contributed by atoms with van der Waals surface area (Å²) in [4.78, 5) is 16.9. The summed E-state index contributed by atoms with van der Waals surface area (Å²) in [6, 6.07) is 9.31. The van der Waals surface area contributed by atoms with Crippen molar-refractivity contribution in [3.8, 4) is 0 Å². The second kappa shape index (κ2) is 7.69. The molecular formula is C17H21N7O. The summed E-state index contributed by atoms with van der Waals surface area (Å²) in [6.45, 7) is 4.41. The van der Waals surface area contributed by atoms with Crippen molar-refractivity contribution in [2.24, 2.45) is 0 Å². The van der Waals surface area contributed by atoms with E-state index in [1.807, 2.05) is 48.0 Å². The molecule has 0 unspecified atom stereocenters. The molecule has 0 saturated carbocycles. The van der Waals surface area contributed by atoms with Crippen LogP contribution in [0.15, 0.2) is 49.1 Å². The quantitative estimate of drug-likeness (QED) is 0.698. The van der Waals surface area contributed by atoms with E-state index >= 15 is 0 Å². The largest absolute Gasteiger partial charge is 0.350 e. The number of aryl methyl sites for hydroxylation is 1. The summed E-state index contributed by atoms with van der Waals surface area (Å²) >= 11 is 0. The number of carbonyl (C=O) groups is 1. The van der Waals surface area contributed by atoms with Crippen molar-refractivity contribution in [1.29, 1.82) is 0 Å². The average Bonchev–Trinajstić information content (AvgIpc) is 3.25. The predicted molar refractivity (Wildman–Crippen MR) is 91.6 cm³/mol. The van der Waals surface area contributed by atoms with E-state index in [1.165, 1.54) is 0 Å². The van der Waals surface area contributed by atoms with Gasteiger partial charge in [0, 0.05) is 31.4 Å². The molecule has 1 aromatic carbocycles. The van der Waals surface area contributed by atoms with E-state index in [1.54, 1.807) is 24.1 Å². The maximum Gasteiger partial charge on any atom is 0.245 e. The van der Waals surface area contributed by atoms with Crippen molar-refractivity contribution < 1.29 is 4.79 Å². The van der Waals surface area contributed by atoms with Crippen LogP contribution in [0.4, 0.5) is 0 Å². The molecule has 0 aliphatic rings. The van der Waals surface area contributed by atoms with Gasteiger partial charge in [0.1, 0.15) is 11.9 Å². The highest BCUT2D eigenvalue weighted by atomic mass is 16.2. The van der Waals surface area contributed by atoms with Gasteiger partial charge in [0.25, 0.3) is 0 Å². The molecule has 2 heterocycles. The monoisotopic (exact) mass is 339 g/mol. The Kier molecular flexibility index (Phi) is 5.17. The normalized spacial score (nSPS) is 13.4. The third kappa shape index (κ3) is 4.28. The SMILES string of the molecule is Cc1nnnn1[C@H](Cc1ccccc1)C(=O)N[C@H](C)Cn1ccnc1. The Labute approximate surface area is 145 Å². The van der Waals surface area contributed by atoms with Gasteiger partial charge in [-0.1, -0.05) is 30.3 Å². The molecule has 25 heavy (non-hydrogen) atoms. The highest BCUT2D eigenvalue weighted by Gasteiger charge is 2.25. The van der Waals surface area contributed by atoms with Crippen molar-refractivity contribution in [3.05, 3.63) is 60.4 Å². The topological polar surface area (TPSA) is 90.5 Å². The van der Waals surface area contributed by atoms with Crippen molar-refractivity contribution in [3.63, 3.8) is 0 Å². The molecule has 0 spiro atoms. The Morgan fingerprint density at radius 1 is 1.28 bits per heavy atom. The summed E-state index contributed by atoms with van der Waals surface area (Å²) in [7, 11) is 0. The number of nitrogens with one attached hydrogen (secondary N) is 1. The number of amides is 1. The van der Waals surface area contributed by atoms with Gasteiger partial charge in [-0.25, -0.2) is 9.67 Å². The zero-order valence-corrected chi connectivity index (χ0v) is 14.3. The minimum absolute atomic E-state index is 0.0447. The van der Waals surface area contributed by atoms with E-state index in [0.717, 1.165) is 5.56 Å². The lowest BCUT2D eigenvalue weighted by Gasteiger charge is -2.21. The van der Waals surface area contributed by atoms with Crippen LogP contribution in [0.3, 0.4) is 0 Å². The fourth-order valence-electron chi connectivity index (χ4n) is 2.75. The molecule has 3 aromatic rings. The Morgan fingerprint density at radius 2 is 2.08 bits per heavy atom. The van der Waals surface area contributed by atoms with E-state index < -0.39 is 6.04 Å². The molecule has 1 amide bonds. The van der Waals surface area contributed by atoms with Crippen LogP contribution in [0.5, 0.6) is 0 Å². The number of benzene rings is 1. The zero-order valence-electron chi connectivity index (χ0n) is 14.3. The maximum absolute atomic E-state index is 12.9. The number of hydrogen-bond donors (Lipinski definition) is 1. The summed E-state index contributed by atoms with van der Waals surface area (Å²) in [5.41, 5.74) is 1.06. The predicted octanol–water partition coefficient (Wildman–Crippen LogP) is 1.17. The molecule has 2 aromatic heterocycles. The summed E-state index contributed by atoms with van der Waals surface area (Å²) in [5, 5.41) is 14.6. The molecule has 8 nitrogen and oxygen atoms in total.